The van der Waals surface area contributed by atoms with Crippen molar-refractivity contribution in [3.05, 3.63) is 29.8 Å². The highest BCUT2D eigenvalue weighted by atomic mass is 15.1. The molecule has 0 aliphatic heterocycles. The number of para-hydroxylation sites is 1. The summed E-state index contributed by atoms with van der Waals surface area (Å²) < 4.78 is 0. The van der Waals surface area contributed by atoms with Gasteiger partial charge in [-0.1, -0.05) is 64.7 Å². The van der Waals surface area contributed by atoms with Gasteiger partial charge in [-0.25, -0.2) is 0 Å². The molecule has 0 bridgehead atoms. The predicted molar refractivity (Wildman–Crippen MR) is 157 cm³/mol. The first-order valence-corrected chi connectivity index (χ1v) is 16.1. The van der Waals surface area contributed by atoms with E-state index in [9.17, 15) is 0 Å². The Morgan fingerprint density at radius 2 is 1.69 bits per heavy atom. The van der Waals surface area contributed by atoms with Gasteiger partial charge < -0.3 is 4.90 Å². The molecular weight excluding hydrogens is 434 g/mol. The van der Waals surface area contributed by atoms with Gasteiger partial charge in [0.2, 0.25) is 0 Å². The molecule has 1 aromatic carbocycles. The van der Waals surface area contributed by atoms with Gasteiger partial charge in [0.1, 0.15) is 0 Å². The number of rotatable bonds is 8. The minimum atomic E-state index is 0.548. The molecule has 0 heterocycles. The minimum Gasteiger partial charge on any atom is -0.371 e. The van der Waals surface area contributed by atoms with Crippen molar-refractivity contribution < 1.29 is 0 Å². The van der Waals surface area contributed by atoms with E-state index in [4.69, 9.17) is 0 Å². The van der Waals surface area contributed by atoms with Crippen molar-refractivity contribution in [3.63, 3.8) is 0 Å². The summed E-state index contributed by atoms with van der Waals surface area (Å²) in [7, 11) is 2.36. The van der Waals surface area contributed by atoms with Crippen molar-refractivity contribution in [3.8, 4) is 0 Å². The number of fused-ring (bicyclic) bond motifs is 5. The van der Waals surface area contributed by atoms with Crippen molar-refractivity contribution in [1.29, 1.82) is 0 Å². The van der Waals surface area contributed by atoms with Crippen molar-refractivity contribution in [2.75, 3.05) is 11.9 Å². The Bertz CT molecular complexity index is 875. The number of hydrogen-bond acceptors (Lipinski definition) is 1. The number of benzene rings is 1. The smallest absolute Gasteiger partial charge is 0.0395 e. The first-order chi connectivity index (χ1) is 17.3. The Labute approximate surface area is 224 Å². The van der Waals surface area contributed by atoms with Gasteiger partial charge >= 0.3 is 0 Å². The molecule has 5 rings (SSSR count). The van der Waals surface area contributed by atoms with E-state index in [-0.39, 0.29) is 0 Å². The summed E-state index contributed by atoms with van der Waals surface area (Å²) in [6, 6.07) is 9.64. The lowest BCUT2D eigenvalue weighted by Gasteiger charge is -2.58. The number of nitrogens with zero attached hydrogens (tertiary/aromatic N) is 1. The highest BCUT2D eigenvalue weighted by molar-refractivity contribution is 5.53. The summed E-state index contributed by atoms with van der Waals surface area (Å²) in [6.45, 7) is 12.4. The Morgan fingerprint density at radius 3 is 2.44 bits per heavy atom. The van der Waals surface area contributed by atoms with Crippen LogP contribution in [0, 0.1) is 53.3 Å². The molecule has 0 amide bonds. The van der Waals surface area contributed by atoms with E-state index in [1.807, 2.05) is 0 Å². The lowest BCUT2D eigenvalue weighted by molar-refractivity contribution is -0.0835. The van der Waals surface area contributed by atoms with Gasteiger partial charge in [-0.2, -0.15) is 0 Å². The zero-order chi connectivity index (χ0) is 25.5. The van der Waals surface area contributed by atoms with Crippen LogP contribution in [-0.2, 0) is 0 Å². The Morgan fingerprint density at radius 1 is 0.917 bits per heavy atom. The number of unbranched alkanes of at least 4 members (excludes halogenated alkanes) is 2. The Balaban J connectivity index is 1.27. The van der Waals surface area contributed by atoms with Gasteiger partial charge in [0, 0.05) is 18.8 Å². The molecule has 4 saturated carbocycles. The third kappa shape index (κ3) is 4.58. The molecule has 0 N–H and O–H groups in total. The van der Waals surface area contributed by atoms with Crippen LogP contribution in [0.4, 0.5) is 5.69 Å². The molecule has 9 atom stereocenters. The SMILES string of the molecule is CCCCC[C@@]1(CC)CC[C@H]2[C@H](CC[C@@H]3[C@@H]2CC[C@]2(C)[C@@H]([C@@H](C)N(C)c4ccccc4C)CC[C@@H]32)C1. The standard InChI is InChI=1S/C35H57N/c1-7-9-12-21-35(8-2)23-20-28-27(24-35)15-16-30-29(28)19-22-34(5)31(17-18-32(30)34)26(4)36(6)33-14-11-10-13-25(33)3/h10-11,13-14,26-32H,7-9,12,15-24H2,1-6H3/t26-,27-,28+,29-,30-,31-,32+,34-,35+/m1/s1. The maximum Gasteiger partial charge on any atom is 0.0395 e. The van der Waals surface area contributed by atoms with Crippen LogP contribution in [0.2, 0.25) is 0 Å². The summed E-state index contributed by atoms with van der Waals surface area (Å²) in [5.41, 5.74) is 4.10. The maximum atomic E-state index is 2.73. The fourth-order valence-corrected chi connectivity index (χ4v) is 10.8. The normalized spacial score (nSPS) is 40.7. The number of aryl methyl sites for hydroxylation is 1. The Kier molecular flexibility index (Phi) is 7.87. The third-order valence-electron chi connectivity index (χ3n) is 13.0. The van der Waals surface area contributed by atoms with Crippen LogP contribution in [0.1, 0.15) is 123 Å². The second kappa shape index (κ2) is 10.6. The molecule has 0 radical (unpaired) electrons. The van der Waals surface area contributed by atoms with Crippen LogP contribution in [0.3, 0.4) is 0 Å². The van der Waals surface area contributed by atoms with E-state index < -0.39 is 0 Å². The van der Waals surface area contributed by atoms with Gasteiger partial charge in [0.25, 0.3) is 0 Å². The molecule has 4 aliphatic carbocycles. The van der Waals surface area contributed by atoms with Gasteiger partial charge in [0.05, 0.1) is 0 Å². The number of hydrogen-bond donors (Lipinski definition) is 0. The quantitative estimate of drug-likeness (QED) is 0.327. The molecular formula is C35H57N. The van der Waals surface area contributed by atoms with Crippen LogP contribution < -0.4 is 4.90 Å². The van der Waals surface area contributed by atoms with E-state index in [1.165, 1.54) is 69.0 Å². The predicted octanol–water partition coefficient (Wildman–Crippen LogP) is 10.1. The molecule has 0 aromatic heterocycles. The zero-order valence-electron chi connectivity index (χ0n) is 24.7. The topological polar surface area (TPSA) is 3.24 Å². The molecule has 4 aliphatic rings. The van der Waals surface area contributed by atoms with Gasteiger partial charge in [-0.15, -0.1) is 0 Å². The van der Waals surface area contributed by atoms with Crippen LogP contribution in [0.25, 0.3) is 0 Å². The second-order valence-electron chi connectivity index (χ2n) is 14.4. The van der Waals surface area contributed by atoms with Gasteiger partial charge in [0.15, 0.2) is 0 Å². The highest BCUT2D eigenvalue weighted by Crippen LogP contribution is 2.66. The summed E-state index contributed by atoms with van der Waals surface area (Å²) in [4.78, 5) is 2.63. The van der Waals surface area contributed by atoms with Crippen LogP contribution in [0.15, 0.2) is 24.3 Å². The van der Waals surface area contributed by atoms with Crippen molar-refractivity contribution in [1.82, 2.24) is 0 Å². The fraction of sp³-hybridized carbons (Fsp3) is 0.829. The first-order valence-electron chi connectivity index (χ1n) is 16.1. The summed E-state index contributed by atoms with van der Waals surface area (Å²) >= 11 is 0. The molecule has 202 valence electrons. The fourth-order valence-electron chi connectivity index (χ4n) is 10.8. The zero-order valence-corrected chi connectivity index (χ0v) is 24.7. The largest absolute Gasteiger partial charge is 0.371 e. The molecule has 1 heteroatoms. The number of anilines is 1. The molecule has 0 unspecified atom stereocenters. The van der Waals surface area contributed by atoms with E-state index in [2.05, 4.69) is 70.8 Å². The first kappa shape index (κ1) is 26.6. The molecule has 4 fully saturated rings. The lowest BCUT2D eigenvalue weighted by Crippen LogP contribution is -2.51. The summed E-state index contributed by atoms with van der Waals surface area (Å²) in [6.07, 6.45) is 21.0. The van der Waals surface area contributed by atoms with Crippen molar-refractivity contribution >= 4 is 5.69 Å². The lowest BCUT2D eigenvalue weighted by atomic mass is 9.47. The van der Waals surface area contributed by atoms with E-state index in [0.29, 0.717) is 16.9 Å². The van der Waals surface area contributed by atoms with Crippen molar-refractivity contribution in [2.45, 2.75) is 131 Å². The van der Waals surface area contributed by atoms with E-state index in [1.54, 1.807) is 32.1 Å². The van der Waals surface area contributed by atoms with Gasteiger partial charge in [-0.3, -0.25) is 0 Å². The molecule has 1 nitrogen and oxygen atoms in total. The van der Waals surface area contributed by atoms with E-state index in [0.717, 1.165) is 35.5 Å². The molecule has 0 saturated heterocycles. The van der Waals surface area contributed by atoms with Gasteiger partial charge in [-0.05, 0) is 136 Å². The summed E-state index contributed by atoms with van der Waals surface area (Å²) in [5, 5.41) is 0. The highest BCUT2D eigenvalue weighted by Gasteiger charge is 2.58. The van der Waals surface area contributed by atoms with Crippen LogP contribution >= 0.6 is 0 Å². The Hall–Kier alpha value is -0.980. The van der Waals surface area contributed by atoms with Crippen molar-refractivity contribution in [2.24, 2.45) is 46.3 Å². The molecule has 1 aromatic rings. The molecule has 0 spiro atoms. The van der Waals surface area contributed by atoms with Crippen LogP contribution in [0.5, 0.6) is 0 Å². The molecule has 36 heavy (non-hydrogen) atoms. The monoisotopic (exact) mass is 491 g/mol. The van der Waals surface area contributed by atoms with Crippen LogP contribution in [-0.4, -0.2) is 13.1 Å². The second-order valence-corrected chi connectivity index (χ2v) is 14.4. The average Bonchev–Trinajstić information content (AvgIpc) is 3.25. The maximum absolute atomic E-state index is 2.73. The van der Waals surface area contributed by atoms with E-state index >= 15 is 0 Å². The summed E-state index contributed by atoms with van der Waals surface area (Å²) in [5.74, 6) is 6.01. The minimum absolute atomic E-state index is 0.548. The average molecular weight is 492 g/mol. The third-order valence-corrected chi connectivity index (χ3v) is 13.0.